The number of aryl methyl sites for hydroxylation is 1. The van der Waals surface area contributed by atoms with Crippen molar-refractivity contribution in [2.24, 2.45) is 0 Å². The summed E-state index contributed by atoms with van der Waals surface area (Å²) < 4.78 is 0. The van der Waals surface area contributed by atoms with Crippen molar-refractivity contribution in [1.82, 2.24) is 4.98 Å². The number of hydrogen-bond acceptors (Lipinski definition) is 2. The Balaban J connectivity index is 3.17. The molecule has 0 atom stereocenters. The van der Waals surface area contributed by atoms with Crippen LogP contribution in [0.25, 0.3) is 0 Å². The molecule has 0 radical (unpaired) electrons. The van der Waals surface area contributed by atoms with Crippen LogP contribution in [0.4, 0.5) is 5.82 Å². The third-order valence-electron chi connectivity index (χ3n) is 1.38. The smallest absolute Gasteiger partial charge is 0.186 e. The van der Waals surface area contributed by atoms with E-state index in [1.165, 1.54) is 6.07 Å². The number of pyridine rings is 1. The molecule has 0 aliphatic heterocycles. The topological polar surface area (TPSA) is 44.9 Å². The molecule has 1 rings (SSSR count). The average Bonchev–Trinajstić information content (AvgIpc) is 1.95. The Hall–Kier alpha value is -1.25. The molecule has 0 bridgehead atoms. The van der Waals surface area contributed by atoms with Crippen molar-refractivity contribution in [1.29, 1.82) is 0 Å². The molecule has 0 amide bonds. The zero-order valence-corrected chi connectivity index (χ0v) is 6.06. The summed E-state index contributed by atoms with van der Waals surface area (Å²) in [5, 5.41) is 2.84. The zero-order valence-electron chi connectivity index (χ0n) is 6.06. The number of H-pyrrole nitrogens is 1. The maximum atomic E-state index is 10.9. The SMILES string of the molecule is CNc1cc(=O)c(C)c[nH]1. The van der Waals surface area contributed by atoms with Gasteiger partial charge in [0.15, 0.2) is 5.43 Å². The Morgan fingerprint density at radius 1 is 1.60 bits per heavy atom. The summed E-state index contributed by atoms with van der Waals surface area (Å²) in [6, 6.07) is 1.54. The summed E-state index contributed by atoms with van der Waals surface area (Å²) in [5.74, 6) is 0.746. The van der Waals surface area contributed by atoms with Gasteiger partial charge in [0.1, 0.15) is 5.82 Å². The quantitative estimate of drug-likeness (QED) is 0.600. The van der Waals surface area contributed by atoms with Crippen LogP contribution in [0.3, 0.4) is 0 Å². The van der Waals surface area contributed by atoms with Crippen LogP contribution in [-0.2, 0) is 0 Å². The van der Waals surface area contributed by atoms with Crippen molar-refractivity contribution >= 4 is 5.82 Å². The Morgan fingerprint density at radius 3 is 2.80 bits per heavy atom. The summed E-state index contributed by atoms with van der Waals surface area (Å²) in [4.78, 5) is 13.9. The van der Waals surface area contributed by atoms with Gasteiger partial charge >= 0.3 is 0 Å². The largest absolute Gasteiger partial charge is 0.375 e. The normalized spacial score (nSPS) is 9.40. The van der Waals surface area contributed by atoms with Crippen LogP contribution in [0.1, 0.15) is 5.56 Å². The Morgan fingerprint density at radius 2 is 2.30 bits per heavy atom. The van der Waals surface area contributed by atoms with Gasteiger partial charge in [-0.3, -0.25) is 4.79 Å². The molecule has 1 aromatic heterocycles. The van der Waals surface area contributed by atoms with Gasteiger partial charge in [0.05, 0.1) is 0 Å². The molecule has 3 nitrogen and oxygen atoms in total. The molecule has 0 aromatic carbocycles. The zero-order chi connectivity index (χ0) is 7.56. The molecular formula is C7H10N2O. The summed E-state index contributed by atoms with van der Waals surface area (Å²) in [7, 11) is 1.76. The number of hydrogen-bond donors (Lipinski definition) is 2. The van der Waals surface area contributed by atoms with E-state index in [1.54, 1.807) is 20.2 Å². The Kier molecular flexibility index (Phi) is 1.76. The first kappa shape index (κ1) is 6.86. The lowest BCUT2D eigenvalue weighted by Gasteiger charge is -1.97. The molecule has 54 valence electrons. The minimum absolute atomic E-state index is 0.0584. The molecule has 0 spiro atoms. The van der Waals surface area contributed by atoms with Crippen molar-refractivity contribution in [2.75, 3.05) is 12.4 Å². The van der Waals surface area contributed by atoms with E-state index in [4.69, 9.17) is 0 Å². The van der Waals surface area contributed by atoms with E-state index in [0.29, 0.717) is 0 Å². The summed E-state index contributed by atoms with van der Waals surface area (Å²) in [5.41, 5.74) is 0.794. The predicted octanol–water partition coefficient (Wildman–Crippen LogP) is 0.725. The van der Waals surface area contributed by atoms with Gasteiger partial charge in [-0.15, -0.1) is 0 Å². The summed E-state index contributed by atoms with van der Waals surface area (Å²) in [6.07, 6.45) is 1.69. The highest BCUT2D eigenvalue weighted by Gasteiger charge is 1.92. The number of anilines is 1. The van der Waals surface area contributed by atoms with Crippen LogP contribution in [0.5, 0.6) is 0 Å². The fourth-order valence-corrected chi connectivity index (χ4v) is 0.688. The van der Waals surface area contributed by atoms with Crippen molar-refractivity contribution in [3.8, 4) is 0 Å². The van der Waals surface area contributed by atoms with E-state index >= 15 is 0 Å². The Bertz CT molecular complexity index is 277. The van der Waals surface area contributed by atoms with Gasteiger partial charge in [-0.2, -0.15) is 0 Å². The molecule has 3 heteroatoms. The maximum Gasteiger partial charge on any atom is 0.186 e. The standard InChI is InChI=1S/C7H10N2O/c1-5-4-9-7(8-2)3-6(5)10/h3-4H,1-2H3,(H2,8,9,10). The van der Waals surface area contributed by atoms with Crippen molar-refractivity contribution in [2.45, 2.75) is 6.92 Å². The van der Waals surface area contributed by atoms with Crippen LogP contribution >= 0.6 is 0 Å². The first-order valence-electron chi connectivity index (χ1n) is 3.11. The highest BCUT2D eigenvalue weighted by Crippen LogP contribution is 1.95. The number of rotatable bonds is 1. The first-order chi connectivity index (χ1) is 4.74. The third kappa shape index (κ3) is 1.18. The van der Waals surface area contributed by atoms with Crippen molar-refractivity contribution in [3.63, 3.8) is 0 Å². The van der Waals surface area contributed by atoms with Crippen molar-refractivity contribution < 1.29 is 0 Å². The monoisotopic (exact) mass is 138 g/mol. The first-order valence-corrected chi connectivity index (χ1v) is 3.11. The highest BCUT2D eigenvalue weighted by molar-refractivity contribution is 5.33. The Labute approximate surface area is 59.1 Å². The number of aromatic amines is 1. The van der Waals surface area contributed by atoms with Gasteiger partial charge in [0.25, 0.3) is 0 Å². The van der Waals surface area contributed by atoms with Crippen molar-refractivity contribution in [3.05, 3.63) is 28.0 Å². The van der Waals surface area contributed by atoms with Gasteiger partial charge in [-0.05, 0) is 6.92 Å². The molecular weight excluding hydrogens is 128 g/mol. The molecule has 1 aromatic rings. The van der Waals surface area contributed by atoms with Crippen LogP contribution in [0, 0.1) is 6.92 Å². The van der Waals surface area contributed by atoms with Gasteiger partial charge in [-0.25, -0.2) is 0 Å². The van der Waals surface area contributed by atoms with E-state index in [2.05, 4.69) is 10.3 Å². The lowest BCUT2D eigenvalue weighted by atomic mass is 10.3. The van der Waals surface area contributed by atoms with Gasteiger partial charge in [0.2, 0.25) is 0 Å². The molecule has 10 heavy (non-hydrogen) atoms. The minimum atomic E-state index is 0.0584. The van der Waals surface area contributed by atoms with E-state index < -0.39 is 0 Å². The molecule has 0 unspecified atom stereocenters. The average molecular weight is 138 g/mol. The second-order valence-electron chi connectivity index (χ2n) is 2.14. The van der Waals surface area contributed by atoms with Gasteiger partial charge in [0, 0.05) is 24.9 Å². The van der Waals surface area contributed by atoms with Crippen LogP contribution in [-0.4, -0.2) is 12.0 Å². The van der Waals surface area contributed by atoms with Gasteiger partial charge in [-0.1, -0.05) is 0 Å². The second-order valence-corrected chi connectivity index (χ2v) is 2.14. The predicted molar refractivity (Wildman–Crippen MR) is 41.3 cm³/mol. The molecule has 0 fully saturated rings. The van der Waals surface area contributed by atoms with E-state index in [9.17, 15) is 4.79 Å². The minimum Gasteiger partial charge on any atom is -0.375 e. The molecule has 0 aliphatic carbocycles. The van der Waals surface area contributed by atoms with E-state index in [0.717, 1.165) is 11.4 Å². The molecule has 0 saturated heterocycles. The molecule has 1 heterocycles. The van der Waals surface area contributed by atoms with E-state index in [-0.39, 0.29) is 5.43 Å². The summed E-state index contributed by atoms with van der Waals surface area (Å²) in [6.45, 7) is 1.78. The third-order valence-corrected chi connectivity index (χ3v) is 1.38. The molecule has 0 aliphatic rings. The molecule has 0 saturated carbocycles. The van der Waals surface area contributed by atoms with Crippen LogP contribution in [0.15, 0.2) is 17.1 Å². The summed E-state index contributed by atoms with van der Waals surface area (Å²) >= 11 is 0. The fraction of sp³-hybridized carbons (Fsp3) is 0.286. The highest BCUT2D eigenvalue weighted by atomic mass is 16.1. The van der Waals surface area contributed by atoms with Gasteiger partial charge < -0.3 is 10.3 Å². The van der Waals surface area contributed by atoms with Crippen LogP contribution in [0.2, 0.25) is 0 Å². The molecule has 2 N–H and O–H groups in total. The number of nitrogens with one attached hydrogen (secondary N) is 2. The maximum absolute atomic E-state index is 10.9. The second kappa shape index (κ2) is 2.56. The fourth-order valence-electron chi connectivity index (χ4n) is 0.688. The lowest BCUT2D eigenvalue weighted by molar-refractivity contribution is 1.22. The lowest BCUT2D eigenvalue weighted by Crippen LogP contribution is -2.06. The number of aromatic nitrogens is 1. The van der Waals surface area contributed by atoms with Crippen LogP contribution < -0.4 is 10.7 Å². The van der Waals surface area contributed by atoms with E-state index in [1.807, 2.05) is 0 Å².